The quantitative estimate of drug-likeness (QED) is 0.623. The SMILES string of the molecule is C1CN(C2CC2)C(N2CCNCC2)=N1. The van der Waals surface area contributed by atoms with Crippen LogP contribution in [0.3, 0.4) is 0 Å². The molecular weight excluding hydrogens is 176 g/mol. The highest BCUT2D eigenvalue weighted by Crippen LogP contribution is 2.29. The summed E-state index contributed by atoms with van der Waals surface area (Å²) in [5, 5.41) is 3.38. The van der Waals surface area contributed by atoms with Crippen LogP contribution in [0.5, 0.6) is 0 Å². The third-order valence-electron chi connectivity index (χ3n) is 3.24. The summed E-state index contributed by atoms with van der Waals surface area (Å²) < 4.78 is 0. The van der Waals surface area contributed by atoms with Crippen molar-refractivity contribution in [1.29, 1.82) is 0 Å². The Hall–Kier alpha value is -0.770. The first-order valence-electron chi connectivity index (χ1n) is 5.72. The van der Waals surface area contributed by atoms with Crippen LogP contribution in [0.2, 0.25) is 0 Å². The van der Waals surface area contributed by atoms with Crippen LogP contribution in [0, 0.1) is 0 Å². The predicted octanol–water partition coefficient (Wildman–Crippen LogP) is -0.274. The molecule has 0 radical (unpaired) electrons. The molecule has 0 atom stereocenters. The fraction of sp³-hybridized carbons (Fsp3) is 0.900. The number of guanidine groups is 1. The van der Waals surface area contributed by atoms with Gasteiger partial charge in [0, 0.05) is 38.8 Å². The molecule has 0 aromatic heterocycles. The van der Waals surface area contributed by atoms with Gasteiger partial charge in [-0.1, -0.05) is 0 Å². The zero-order chi connectivity index (χ0) is 9.38. The van der Waals surface area contributed by atoms with Crippen LogP contribution in [0.25, 0.3) is 0 Å². The predicted molar refractivity (Wildman–Crippen MR) is 56.5 cm³/mol. The lowest BCUT2D eigenvalue weighted by molar-refractivity contribution is 0.302. The average Bonchev–Trinajstić information content (AvgIpc) is 2.98. The van der Waals surface area contributed by atoms with E-state index in [4.69, 9.17) is 0 Å². The molecule has 0 amide bonds. The van der Waals surface area contributed by atoms with Gasteiger partial charge in [0.15, 0.2) is 5.96 Å². The zero-order valence-electron chi connectivity index (χ0n) is 8.58. The number of piperazine rings is 1. The monoisotopic (exact) mass is 194 g/mol. The van der Waals surface area contributed by atoms with Gasteiger partial charge in [-0.25, -0.2) is 0 Å². The lowest BCUT2D eigenvalue weighted by Gasteiger charge is -2.33. The van der Waals surface area contributed by atoms with Gasteiger partial charge in [-0.15, -0.1) is 0 Å². The van der Waals surface area contributed by atoms with Crippen LogP contribution >= 0.6 is 0 Å². The molecule has 2 heterocycles. The molecule has 0 unspecified atom stereocenters. The van der Waals surface area contributed by atoms with Gasteiger partial charge in [0.05, 0.1) is 6.54 Å². The molecule has 2 aliphatic heterocycles. The van der Waals surface area contributed by atoms with Crippen molar-refractivity contribution in [3.63, 3.8) is 0 Å². The maximum Gasteiger partial charge on any atom is 0.197 e. The Labute approximate surface area is 85.0 Å². The van der Waals surface area contributed by atoms with E-state index in [-0.39, 0.29) is 0 Å². The highest BCUT2D eigenvalue weighted by molar-refractivity contribution is 5.82. The molecule has 3 rings (SSSR count). The van der Waals surface area contributed by atoms with Crippen LogP contribution in [-0.2, 0) is 0 Å². The van der Waals surface area contributed by atoms with Crippen molar-refractivity contribution in [2.24, 2.45) is 4.99 Å². The average molecular weight is 194 g/mol. The Morgan fingerprint density at radius 2 is 1.93 bits per heavy atom. The molecule has 4 heteroatoms. The van der Waals surface area contributed by atoms with E-state index in [2.05, 4.69) is 20.1 Å². The molecule has 14 heavy (non-hydrogen) atoms. The summed E-state index contributed by atoms with van der Waals surface area (Å²) >= 11 is 0. The Balaban J connectivity index is 1.69. The van der Waals surface area contributed by atoms with E-state index >= 15 is 0 Å². The number of rotatable bonds is 1. The molecule has 4 nitrogen and oxygen atoms in total. The van der Waals surface area contributed by atoms with Crippen molar-refractivity contribution >= 4 is 5.96 Å². The molecule has 3 aliphatic rings. The summed E-state index contributed by atoms with van der Waals surface area (Å²) in [5.41, 5.74) is 0. The van der Waals surface area contributed by atoms with Gasteiger partial charge < -0.3 is 15.1 Å². The fourth-order valence-corrected chi connectivity index (χ4v) is 2.33. The van der Waals surface area contributed by atoms with Gasteiger partial charge in [-0.2, -0.15) is 0 Å². The summed E-state index contributed by atoms with van der Waals surface area (Å²) in [6, 6.07) is 0.825. The van der Waals surface area contributed by atoms with Crippen molar-refractivity contribution in [3.8, 4) is 0 Å². The number of nitrogens with zero attached hydrogens (tertiary/aromatic N) is 3. The van der Waals surface area contributed by atoms with Crippen LogP contribution in [0.4, 0.5) is 0 Å². The van der Waals surface area contributed by atoms with Crippen molar-refractivity contribution in [1.82, 2.24) is 15.1 Å². The molecule has 1 saturated carbocycles. The summed E-state index contributed by atoms with van der Waals surface area (Å²) in [7, 11) is 0. The second-order valence-corrected chi connectivity index (χ2v) is 4.34. The van der Waals surface area contributed by atoms with Crippen molar-refractivity contribution in [3.05, 3.63) is 0 Å². The number of aliphatic imine (C=N–C) groups is 1. The van der Waals surface area contributed by atoms with Gasteiger partial charge in [0.1, 0.15) is 0 Å². The highest BCUT2D eigenvalue weighted by Gasteiger charge is 2.35. The minimum Gasteiger partial charge on any atom is -0.340 e. The van der Waals surface area contributed by atoms with E-state index in [9.17, 15) is 0 Å². The van der Waals surface area contributed by atoms with Crippen LogP contribution < -0.4 is 5.32 Å². The Morgan fingerprint density at radius 1 is 1.14 bits per heavy atom. The second kappa shape index (κ2) is 3.42. The number of hydrogen-bond acceptors (Lipinski definition) is 4. The fourth-order valence-electron chi connectivity index (χ4n) is 2.33. The Morgan fingerprint density at radius 3 is 2.64 bits per heavy atom. The van der Waals surface area contributed by atoms with Crippen LogP contribution in [0.1, 0.15) is 12.8 Å². The van der Waals surface area contributed by atoms with Gasteiger partial charge in [-0.05, 0) is 12.8 Å². The lowest BCUT2D eigenvalue weighted by Crippen LogP contribution is -2.51. The van der Waals surface area contributed by atoms with E-state index < -0.39 is 0 Å². The smallest absolute Gasteiger partial charge is 0.197 e. The van der Waals surface area contributed by atoms with Gasteiger partial charge in [0.25, 0.3) is 0 Å². The number of nitrogens with one attached hydrogen (secondary N) is 1. The largest absolute Gasteiger partial charge is 0.340 e. The van der Waals surface area contributed by atoms with E-state index in [0.29, 0.717) is 0 Å². The zero-order valence-corrected chi connectivity index (χ0v) is 8.58. The highest BCUT2D eigenvalue weighted by atomic mass is 15.4. The summed E-state index contributed by atoms with van der Waals surface area (Å²) in [5.74, 6) is 1.29. The van der Waals surface area contributed by atoms with E-state index in [1.165, 1.54) is 18.8 Å². The molecule has 2 fully saturated rings. The first kappa shape index (κ1) is 8.53. The molecule has 1 aliphatic carbocycles. The van der Waals surface area contributed by atoms with Crippen molar-refractivity contribution in [2.45, 2.75) is 18.9 Å². The minimum atomic E-state index is 0.825. The standard InChI is InChI=1S/C10H18N4/c1-2-9(1)14-8-5-12-10(14)13-6-3-11-4-7-13/h9,11H,1-8H2. The van der Waals surface area contributed by atoms with Crippen molar-refractivity contribution in [2.75, 3.05) is 39.3 Å². The van der Waals surface area contributed by atoms with E-state index in [0.717, 1.165) is 45.3 Å². The first-order chi connectivity index (χ1) is 6.95. The Bertz CT molecular complexity index is 241. The molecule has 1 N–H and O–H groups in total. The molecule has 0 aromatic carbocycles. The summed E-state index contributed by atoms with van der Waals surface area (Å²) in [6.07, 6.45) is 2.76. The normalized spacial score (nSPS) is 28.1. The maximum absolute atomic E-state index is 4.64. The minimum absolute atomic E-state index is 0.825. The third-order valence-corrected chi connectivity index (χ3v) is 3.24. The van der Waals surface area contributed by atoms with Crippen molar-refractivity contribution < 1.29 is 0 Å². The first-order valence-corrected chi connectivity index (χ1v) is 5.72. The van der Waals surface area contributed by atoms with E-state index in [1.807, 2.05) is 0 Å². The molecule has 0 bridgehead atoms. The molecule has 0 spiro atoms. The van der Waals surface area contributed by atoms with Gasteiger partial charge in [0.2, 0.25) is 0 Å². The molecule has 0 aromatic rings. The van der Waals surface area contributed by atoms with Crippen LogP contribution in [-0.4, -0.2) is 61.1 Å². The third kappa shape index (κ3) is 1.47. The maximum atomic E-state index is 4.64. The molecule has 1 saturated heterocycles. The lowest BCUT2D eigenvalue weighted by atomic mass is 10.4. The topological polar surface area (TPSA) is 30.9 Å². The molecular formula is C10H18N4. The molecule has 78 valence electrons. The second-order valence-electron chi connectivity index (χ2n) is 4.34. The Kier molecular flexibility index (Phi) is 2.09. The summed E-state index contributed by atoms with van der Waals surface area (Å²) in [4.78, 5) is 9.61. The number of hydrogen-bond donors (Lipinski definition) is 1. The summed E-state index contributed by atoms with van der Waals surface area (Å²) in [6.45, 7) is 6.64. The van der Waals surface area contributed by atoms with Gasteiger partial charge in [-0.3, -0.25) is 4.99 Å². The van der Waals surface area contributed by atoms with Gasteiger partial charge >= 0.3 is 0 Å². The van der Waals surface area contributed by atoms with Crippen LogP contribution in [0.15, 0.2) is 4.99 Å². The van der Waals surface area contributed by atoms with E-state index in [1.54, 1.807) is 0 Å².